The molecule has 1 saturated heterocycles. The summed E-state index contributed by atoms with van der Waals surface area (Å²) in [5.41, 5.74) is 0.115. The molecule has 0 unspecified atom stereocenters. The number of nitrogens with one attached hydrogen (secondary N) is 1. The van der Waals surface area contributed by atoms with E-state index in [-0.39, 0.29) is 22.4 Å². The fourth-order valence-corrected chi connectivity index (χ4v) is 4.17. The first-order valence-electron chi connectivity index (χ1n) is 8.85. The van der Waals surface area contributed by atoms with Crippen molar-refractivity contribution in [3.05, 3.63) is 41.4 Å². The zero-order valence-electron chi connectivity index (χ0n) is 15.3. The first-order valence-corrected chi connectivity index (χ1v) is 10.2. The number of piperidine rings is 1. The molecule has 0 radical (unpaired) electrons. The van der Waals surface area contributed by atoms with Crippen LogP contribution in [-0.4, -0.2) is 34.7 Å². The summed E-state index contributed by atoms with van der Waals surface area (Å²) >= 11 is 7.01. The van der Waals surface area contributed by atoms with E-state index in [1.54, 1.807) is 0 Å². The minimum absolute atomic E-state index is 0.115. The summed E-state index contributed by atoms with van der Waals surface area (Å²) < 4.78 is 13.8. The van der Waals surface area contributed by atoms with Crippen LogP contribution in [0, 0.1) is 17.7 Å². The Labute approximate surface area is 167 Å². The van der Waals surface area contributed by atoms with E-state index in [4.69, 9.17) is 11.6 Å². The summed E-state index contributed by atoms with van der Waals surface area (Å²) in [5.74, 6) is 1.40. The van der Waals surface area contributed by atoms with Crippen molar-refractivity contribution in [1.82, 2.24) is 9.97 Å². The van der Waals surface area contributed by atoms with Gasteiger partial charge in [-0.05, 0) is 36.5 Å². The number of hydrogen-bond acceptors (Lipinski definition) is 5. The van der Waals surface area contributed by atoms with Crippen molar-refractivity contribution < 1.29 is 9.18 Å². The molecule has 2 aromatic rings. The Hall–Kier alpha value is -1.86. The number of benzene rings is 1. The van der Waals surface area contributed by atoms with Crippen LogP contribution in [0.3, 0.4) is 0 Å². The predicted molar refractivity (Wildman–Crippen MR) is 108 cm³/mol. The Morgan fingerprint density at radius 1 is 1.30 bits per heavy atom. The highest BCUT2D eigenvalue weighted by atomic mass is 35.5. The van der Waals surface area contributed by atoms with E-state index < -0.39 is 5.82 Å². The molecule has 1 N–H and O–H groups in total. The monoisotopic (exact) mass is 408 g/mol. The summed E-state index contributed by atoms with van der Waals surface area (Å²) in [6.07, 6.45) is 2.75. The number of carbonyl (C=O) groups is 1. The van der Waals surface area contributed by atoms with Crippen LogP contribution in [0.2, 0.25) is 5.02 Å². The van der Waals surface area contributed by atoms with Gasteiger partial charge in [-0.2, -0.15) is 0 Å². The van der Waals surface area contributed by atoms with E-state index in [2.05, 4.69) is 34.0 Å². The van der Waals surface area contributed by atoms with Gasteiger partial charge >= 0.3 is 0 Å². The Bertz CT molecular complexity index is 812. The van der Waals surface area contributed by atoms with E-state index in [1.165, 1.54) is 42.7 Å². The van der Waals surface area contributed by atoms with Crippen molar-refractivity contribution in [3.63, 3.8) is 0 Å². The number of carbonyl (C=O) groups excluding carboxylic acids is 1. The normalized spacial score (nSPS) is 19.8. The first-order chi connectivity index (χ1) is 12.9. The van der Waals surface area contributed by atoms with Gasteiger partial charge in [0, 0.05) is 24.2 Å². The highest BCUT2D eigenvalue weighted by Crippen LogP contribution is 2.27. The molecule has 0 saturated carbocycles. The molecule has 1 fully saturated rings. The van der Waals surface area contributed by atoms with Gasteiger partial charge in [-0.15, -0.1) is 0 Å². The first kappa shape index (κ1) is 19.9. The lowest BCUT2D eigenvalue weighted by molar-refractivity contribution is -0.113. The van der Waals surface area contributed by atoms with E-state index in [9.17, 15) is 9.18 Å². The molecule has 2 heterocycles. The van der Waals surface area contributed by atoms with E-state index >= 15 is 0 Å². The second kappa shape index (κ2) is 8.89. The lowest BCUT2D eigenvalue weighted by Crippen LogP contribution is -2.39. The summed E-state index contributed by atoms with van der Waals surface area (Å²) in [5, 5.41) is 3.56. The maximum absolute atomic E-state index is 13.8. The molecule has 1 aromatic carbocycles. The Kier molecular flexibility index (Phi) is 6.55. The number of aromatic nitrogens is 2. The molecular formula is C19H22ClFN4OS. The Morgan fingerprint density at radius 3 is 2.74 bits per heavy atom. The van der Waals surface area contributed by atoms with Crippen LogP contribution in [0.25, 0.3) is 0 Å². The minimum Gasteiger partial charge on any atom is -0.356 e. The molecule has 27 heavy (non-hydrogen) atoms. The largest absolute Gasteiger partial charge is 0.356 e. The summed E-state index contributed by atoms with van der Waals surface area (Å²) in [6, 6.07) is 6.06. The topological polar surface area (TPSA) is 58.1 Å². The van der Waals surface area contributed by atoms with Crippen molar-refractivity contribution in [3.8, 4) is 0 Å². The smallest absolute Gasteiger partial charge is 0.234 e. The van der Waals surface area contributed by atoms with Crippen molar-refractivity contribution >= 4 is 40.8 Å². The average molecular weight is 409 g/mol. The van der Waals surface area contributed by atoms with Crippen molar-refractivity contribution in [1.29, 1.82) is 0 Å². The van der Waals surface area contributed by atoms with Gasteiger partial charge in [0.25, 0.3) is 0 Å². The minimum atomic E-state index is -0.557. The van der Waals surface area contributed by atoms with Crippen LogP contribution < -0.4 is 10.2 Å². The number of amides is 1. The standard InChI is InChI=1S/C19H22ClFN4OS/c1-12-5-13(2)9-25(8-12)17-7-19(23-11-22-17)27-10-18(26)24-16-4-3-14(20)6-15(16)21/h3-4,6-7,11-13H,5,8-10H2,1-2H3,(H,24,26)/t12-,13-/m0/s1. The summed E-state index contributed by atoms with van der Waals surface area (Å²) in [4.78, 5) is 23.0. The molecule has 1 aromatic heterocycles. The van der Waals surface area contributed by atoms with E-state index in [0.717, 1.165) is 23.9 Å². The number of thioether (sulfide) groups is 1. The van der Waals surface area contributed by atoms with Crippen molar-refractivity contribution in [2.45, 2.75) is 25.3 Å². The van der Waals surface area contributed by atoms with E-state index in [0.29, 0.717) is 11.8 Å². The summed E-state index contributed by atoms with van der Waals surface area (Å²) in [6.45, 7) is 6.45. The lowest BCUT2D eigenvalue weighted by atomic mass is 9.92. The number of halogens is 2. The fraction of sp³-hybridized carbons (Fsp3) is 0.421. The molecule has 5 nitrogen and oxygen atoms in total. The molecule has 1 aliphatic heterocycles. The van der Waals surface area contributed by atoms with Gasteiger partial charge in [-0.3, -0.25) is 4.79 Å². The molecule has 0 aliphatic carbocycles. The number of hydrogen-bond donors (Lipinski definition) is 1. The third-order valence-electron chi connectivity index (χ3n) is 4.38. The van der Waals surface area contributed by atoms with Gasteiger partial charge in [0.05, 0.1) is 11.4 Å². The average Bonchev–Trinajstić information content (AvgIpc) is 2.62. The zero-order chi connectivity index (χ0) is 19.4. The van der Waals surface area contributed by atoms with Crippen LogP contribution in [0.15, 0.2) is 35.6 Å². The van der Waals surface area contributed by atoms with Crippen molar-refractivity contribution in [2.75, 3.05) is 29.1 Å². The van der Waals surface area contributed by atoms with Gasteiger partial charge in [0.15, 0.2) is 0 Å². The molecular weight excluding hydrogens is 387 g/mol. The van der Waals surface area contributed by atoms with Crippen LogP contribution in [0.4, 0.5) is 15.9 Å². The second-order valence-electron chi connectivity index (χ2n) is 7.03. The van der Waals surface area contributed by atoms with Gasteiger partial charge in [-0.1, -0.05) is 37.2 Å². The van der Waals surface area contributed by atoms with Crippen LogP contribution in [0.5, 0.6) is 0 Å². The zero-order valence-corrected chi connectivity index (χ0v) is 16.9. The molecule has 1 amide bonds. The third-order valence-corrected chi connectivity index (χ3v) is 5.54. The predicted octanol–water partition coefficient (Wildman–Crippen LogP) is 4.48. The van der Waals surface area contributed by atoms with Gasteiger partial charge in [0.1, 0.15) is 23.0 Å². The molecule has 144 valence electrons. The Morgan fingerprint density at radius 2 is 2.04 bits per heavy atom. The molecule has 2 atom stereocenters. The Balaban J connectivity index is 1.58. The maximum atomic E-state index is 13.8. The highest BCUT2D eigenvalue weighted by molar-refractivity contribution is 7.99. The van der Waals surface area contributed by atoms with Gasteiger partial charge < -0.3 is 10.2 Å². The molecule has 0 spiro atoms. The summed E-state index contributed by atoms with van der Waals surface area (Å²) in [7, 11) is 0. The van der Waals surface area contributed by atoms with Crippen molar-refractivity contribution in [2.24, 2.45) is 11.8 Å². The van der Waals surface area contributed by atoms with Crippen LogP contribution >= 0.6 is 23.4 Å². The van der Waals surface area contributed by atoms with E-state index in [1.807, 2.05) is 6.07 Å². The van der Waals surface area contributed by atoms with Gasteiger partial charge in [-0.25, -0.2) is 14.4 Å². The molecule has 8 heteroatoms. The molecule has 1 aliphatic rings. The quantitative estimate of drug-likeness (QED) is 0.583. The SMILES string of the molecule is C[C@H]1C[C@H](C)CN(c2cc(SCC(=O)Nc3ccc(Cl)cc3F)ncn2)C1. The molecule has 0 bridgehead atoms. The number of anilines is 2. The van der Waals surface area contributed by atoms with Gasteiger partial charge in [0.2, 0.25) is 5.91 Å². The highest BCUT2D eigenvalue weighted by Gasteiger charge is 2.23. The lowest BCUT2D eigenvalue weighted by Gasteiger charge is -2.35. The van der Waals surface area contributed by atoms with Crippen LogP contribution in [0.1, 0.15) is 20.3 Å². The van der Waals surface area contributed by atoms with Crippen LogP contribution in [-0.2, 0) is 4.79 Å². The maximum Gasteiger partial charge on any atom is 0.234 e. The number of nitrogens with zero attached hydrogens (tertiary/aromatic N) is 3. The fourth-order valence-electron chi connectivity index (χ4n) is 3.35. The second-order valence-corrected chi connectivity index (χ2v) is 8.46. The third kappa shape index (κ3) is 5.56. The molecule has 3 rings (SSSR count). The number of rotatable bonds is 5.